The maximum atomic E-state index is 7.99. The summed E-state index contributed by atoms with van der Waals surface area (Å²) in [6.07, 6.45) is 0. The van der Waals surface area contributed by atoms with E-state index in [1.165, 1.54) is 6.07 Å². The Kier molecular flexibility index (Phi) is 2.75. The molecule has 0 aliphatic carbocycles. The van der Waals surface area contributed by atoms with Crippen molar-refractivity contribution in [1.29, 1.82) is 0 Å². The summed E-state index contributed by atoms with van der Waals surface area (Å²) in [5, 5.41) is -0.0771. The van der Waals surface area contributed by atoms with Crippen LogP contribution in [0.5, 0.6) is 0 Å². The zero-order valence-corrected chi connectivity index (χ0v) is 11.7. The fraction of sp³-hybridized carbons (Fsp3) is 0. The van der Waals surface area contributed by atoms with E-state index in [2.05, 4.69) is 0 Å². The second-order valence-electron chi connectivity index (χ2n) is 3.03. The maximum absolute atomic E-state index is 7.99. The van der Waals surface area contributed by atoms with Crippen LogP contribution < -0.4 is 0 Å². The Labute approximate surface area is 130 Å². The molecule has 0 unspecified atom stereocenters. The van der Waals surface area contributed by atoms with Gasteiger partial charge in [-0.15, -0.1) is 0 Å². The predicted octanol–water partition coefficient (Wildman–Crippen LogP) is 6.62. The van der Waals surface area contributed by atoms with E-state index in [1.807, 2.05) is 0 Å². The van der Waals surface area contributed by atoms with E-state index in [4.69, 9.17) is 63.5 Å². The summed E-state index contributed by atoms with van der Waals surface area (Å²) in [5.74, 6) is 0. The van der Waals surface area contributed by atoms with Crippen molar-refractivity contribution in [3.8, 4) is 11.1 Å². The standard InChI is InChI=1S/C12H5Cl5/c13-7-3-1-2-6(4-7)10-11(16)8(14)5-9(15)12(10)17/h1-5H/i1D,2D,3D,4D. The van der Waals surface area contributed by atoms with Crippen LogP contribution in [0.3, 0.4) is 0 Å². The lowest BCUT2D eigenvalue weighted by molar-refractivity contribution is 1.61. The topological polar surface area (TPSA) is 0 Å². The third kappa shape index (κ3) is 2.67. The van der Waals surface area contributed by atoms with Gasteiger partial charge in [-0.1, -0.05) is 70.1 Å². The lowest BCUT2D eigenvalue weighted by Crippen LogP contribution is -1.84. The van der Waals surface area contributed by atoms with Crippen molar-refractivity contribution in [2.75, 3.05) is 0 Å². The van der Waals surface area contributed by atoms with Crippen LogP contribution in [0.25, 0.3) is 11.1 Å². The quantitative estimate of drug-likeness (QED) is 0.515. The molecule has 0 amide bonds. The van der Waals surface area contributed by atoms with Crippen molar-refractivity contribution in [3.05, 3.63) is 55.3 Å². The molecule has 0 heterocycles. The fourth-order valence-corrected chi connectivity index (χ4v) is 2.38. The molecule has 0 aliphatic heterocycles. The van der Waals surface area contributed by atoms with Crippen molar-refractivity contribution in [2.24, 2.45) is 0 Å². The minimum Gasteiger partial charge on any atom is -0.0843 e. The third-order valence-corrected chi connectivity index (χ3v) is 3.72. The van der Waals surface area contributed by atoms with Gasteiger partial charge in [0, 0.05) is 10.6 Å². The molecule has 2 rings (SSSR count). The molecule has 0 bridgehead atoms. The Balaban J connectivity index is 3.00. The highest BCUT2D eigenvalue weighted by Crippen LogP contribution is 2.43. The Morgan fingerprint density at radius 1 is 0.882 bits per heavy atom. The molecule has 88 valence electrons. The zero-order chi connectivity index (χ0) is 16.1. The molecule has 0 aromatic heterocycles. The monoisotopic (exact) mass is 328 g/mol. The number of hydrogen-bond donors (Lipinski definition) is 0. The Morgan fingerprint density at radius 2 is 1.47 bits per heavy atom. The molecule has 2 aromatic carbocycles. The van der Waals surface area contributed by atoms with Crippen molar-refractivity contribution in [2.45, 2.75) is 0 Å². The molecule has 5 heteroatoms. The highest BCUT2D eigenvalue weighted by Gasteiger charge is 2.15. The number of hydrogen-bond acceptors (Lipinski definition) is 0. The predicted molar refractivity (Wildman–Crippen MR) is 76.9 cm³/mol. The average molecular weight is 330 g/mol. The zero-order valence-electron chi connectivity index (χ0n) is 12.0. The van der Waals surface area contributed by atoms with Crippen LogP contribution in [0.1, 0.15) is 5.48 Å². The Hall–Kier alpha value is -0.110. The largest absolute Gasteiger partial charge is 0.0843 e. The van der Waals surface area contributed by atoms with Crippen LogP contribution in [0.15, 0.2) is 30.2 Å². The van der Waals surface area contributed by atoms with Gasteiger partial charge in [-0.05, 0) is 23.7 Å². The number of rotatable bonds is 1. The maximum Gasteiger partial charge on any atom is 0.0686 e. The number of halogens is 5. The second kappa shape index (κ2) is 5.26. The molecule has 0 atom stereocenters. The average Bonchev–Trinajstić information content (AvgIpc) is 2.44. The van der Waals surface area contributed by atoms with Gasteiger partial charge >= 0.3 is 0 Å². The minimum absolute atomic E-state index is 0.00117. The van der Waals surface area contributed by atoms with E-state index < -0.39 is 18.1 Å². The minimum atomic E-state index is -0.436. The first-order valence-electron chi connectivity index (χ1n) is 6.27. The Morgan fingerprint density at radius 3 is 2.06 bits per heavy atom. The summed E-state index contributed by atoms with van der Waals surface area (Å²) in [7, 11) is 0. The second-order valence-corrected chi connectivity index (χ2v) is 4.98. The van der Waals surface area contributed by atoms with Gasteiger partial charge in [0.15, 0.2) is 0 Å². The molecule has 0 radical (unpaired) electrons. The molecule has 2 aromatic rings. The first kappa shape index (κ1) is 8.90. The van der Waals surface area contributed by atoms with Crippen molar-refractivity contribution in [3.63, 3.8) is 0 Å². The first-order valence-corrected chi connectivity index (χ1v) is 6.16. The van der Waals surface area contributed by atoms with Crippen LogP contribution in [0.2, 0.25) is 25.1 Å². The SMILES string of the molecule is [2H]c1c([2H])c(Cl)c([2H])c(-c2c(Cl)c(Cl)cc(Cl)c2Cl)c1[2H]. The van der Waals surface area contributed by atoms with E-state index in [-0.39, 0.29) is 42.3 Å². The van der Waals surface area contributed by atoms with Crippen LogP contribution in [0.4, 0.5) is 0 Å². The molecule has 0 saturated heterocycles. The molecule has 0 nitrogen and oxygen atoms in total. The van der Waals surface area contributed by atoms with Crippen LogP contribution >= 0.6 is 58.0 Å². The summed E-state index contributed by atoms with van der Waals surface area (Å²) in [6, 6.07) is -0.224. The van der Waals surface area contributed by atoms with E-state index in [1.54, 1.807) is 0 Å². The first-order chi connectivity index (χ1) is 9.68. The molecule has 17 heavy (non-hydrogen) atoms. The summed E-state index contributed by atoms with van der Waals surface area (Å²) in [4.78, 5) is 0. The van der Waals surface area contributed by atoms with Gasteiger partial charge in [-0.3, -0.25) is 0 Å². The molecule has 0 N–H and O–H groups in total. The van der Waals surface area contributed by atoms with E-state index in [0.29, 0.717) is 0 Å². The fourth-order valence-electron chi connectivity index (χ4n) is 1.24. The molecule has 0 spiro atoms. The van der Waals surface area contributed by atoms with Gasteiger partial charge in [0.25, 0.3) is 0 Å². The van der Waals surface area contributed by atoms with Crippen molar-refractivity contribution >= 4 is 58.0 Å². The molecule has 0 aliphatic rings. The molecular weight excluding hydrogens is 321 g/mol. The van der Waals surface area contributed by atoms with Crippen LogP contribution in [-0.2, 0) is 0 Å². The lowest BCUT2D eigenvalue weighted by atomic mass is 10.1. The smallest absolute Gasteiger partial charge is 0.0686 e. The van der Waals surface area contributed by atoms with Gasteiger partial charge in [0.1, 0.15) is 0 Å². The van der Waals surface area contributed by atoms with Crippen LogP contribution in [0, 0.1) is 0 Å². The summed E-state index contributed by atoms with van der Waals surface area (Å²) in [6.45, 7) is 0. The van der Waals surface area contributed by atoms with Crippen molar-refractivity contribution < 1.29 is 5.48 Å². The van der Waals surface area contributed by atoms with Gasteiger partial charge in [0.05, 0.1) is 25.6 Å². The van der Waals surface area contributed by atoms with Gasteiger partial charge < -0.3 is 0 Å². The van der Waals surface area contributed by atoms with Gasteiger partial charge in [-0.25, -0.2) is 0 Å². The number of benzene rings is 2. The van der Waals surface area contributed by atoms with Crippen LogP contribution in [-0.4, -0.2) is 0 Å². The van der Waals surface area contributed by atoms with E-state index >= 15 is 0 Å². The summed E-state index contributed by atoms with van der Waals surface area (Å²) < 4.78 is 31.3. The normalized spacial score (nSPS) is 13.9. The highest BCUT2D eigenvalue weighted by atomic mass is 35.5. The third-order valence-electron chi connectivity index (χ3n) is 1.96. The van der Waals surface area contributed by atoms with E-state index in [9.17, 15) is 0 Å². The van der Waals surface area contributed by atoms with Gasteiger partial charge in [-0.2, -0.15) is 0 Å². The van der Waals surface area contributed by atoms with E-state index in [0.717, 1.165) is 0 Å². The highest BCUT2D eigenvalue weighted by molar-refractivity contribution is 6.50. The lowest BCUT2D eigenvalue weighted by Gasteiger charge is -2.10. The molecule has 0 fully saturated rings. The Bertz CT molecular complexity index is 705. The molecular formula is C12H5Cl5. The molecule has 0 saturated carbocycles. The van der Waals surface area contributed by atoms with Crippen molar-refractivity contribution in [1.82, 2.24) is 0 Å². The summed E-state index contributed by atoms with van der Waals surface area (Å²) in [5.41, 5.74) is -0.0263. The van der Waals surface area contributed by atoms with Gasteiger partial charge in [0.2, 0.25) is 0 Å². The summed E-state index contributed by atoms with van der Waals surface area (Å²) >= 11 is 29.9.